The van der Waals surface area contributed by atoms with Crippen molar-refractivity contribution in [2.75, 3.05) is 0 Å². The predicted molar refractivity (Wildman–Crippen MR) is 64.6 cm³/mol. The van der Waals surface area contributed by atoms with Crippen LogP contribution in [0.5, 0.6) is 0 Å². The Kier molecular flexibility index (Phi) is 2.98. The minimum absolute atomic E-state index is 0.859. The Morgan fingerprint density at radius 2 is 2.14 bits per heavy atom. The van der Waals surface area contributed by atoms with E-state index in [4.69, 9.17) is 4.42 Å². The lowest BCUT2D eigenvalue weighted by Crippen LogP contribution is -1.72. The first-order valence-corrected chi connectivity index (χ1v) is 5.26. The van der Waals surface area contributed by atoms with Crippen LogP contribution in [-0.4, -0.2) is 4.98 Å². The van der Waals surface area contributed by atoms with Crippen LogP contribution < -0.4 is 0 Å². The fourth-order valence-corrected chi connectivity index (χ4v) is 1.50. The van der Waals surface area contributed by atoms with Gasteiger partial charge in [-0.15, -0.1) is 0 Å². The zero-order valence-corrected chi connectivity index (χ0v) is 9.51. The molecule has 2 aromatic rings. The van der Waals surface area contributed by atoms with Crippen LogP contribution in [0.15, 0.2) is 41.1 Å². The molecule has 14 heavy (non-hydrogen) atoms. The van der Waals surface area contributed by atoms with Crippen LogP contribution >= 0.6 is 22.6 Å². The van der Waals surface area contributed by atoms with Gasteiger partial charge in [0, 0.05) is 12.4 Å². The Bertz CT molecular complexity index is 434. The van der Waals surface area contributed by atoms with E-state index >= 15 is 0 Å². The highest BCUT2D eigenvalue weighted by Crippen LogP contribution is 2.12. The molecule has 0 atom stereocenters. The van der Waals surface area contributed by atoms with Gasteiger partial charge in [0.05, 0.1) is 0 Å². The Hall–Kier alpha value is -1.10. The average molecular weight is 297 g/mol. The third kappa shape index (κ3) is 2.45. The largest absolute Gasteiger partial charge is 0.451 e. The Labute approximate surface area is 95.8 Å². The molecule has 0 radical (unpaired) electrons. The highest BCUT2D eigenvalue weighted by Gasteiger charge is 1.93. The fraction of sp³-hybridized carbons (Fsp3) is 0. The van der Waals surface area contributed by atoms with Crippen LogP contribution in [0.4, 0.5) is 0 Å². The van der Waals surface area contributed by atoms with Crippen LogP contribution in [0.25, 0.3) is 12.2 Å². The molecular weight excluding hydrogens is 289 g/mol. The molecular formula is C11H8INO. The van der Waals surface area contributed by atoms with Crippen LogP contribution in [0.2, 0.25) is 0 Å². The summed E-state index contributed by atoms with van der Waals surface area (Å²) in [6.07, 6.45) is 7.47. The average Bonchev–Trinajstić information content (AvgIpc) is 2.63. The van der Waals surface area contributed by atoms with E-state index in [2.05, 4.69) is 27.6 Å². The topological polar surface area (TPSA) is 26.0 Å². The maximum absolute atomic E-state index is 5.38. The van der Waals surface area contributed by atoms with Crippen molar-refractivity contribution >= 4 is 34.7 Å². The van der Waals surface area contributed by atoms with Gasteiger partial charge in [-0.25, -0.2) is 0 Å². The quantitative estimate of drug-likeness (QED) is 0.794. The number of hydrogen-bond donors (Lipinski definition) is 0. The summed E-state index contributed by atoms with van der Waals surface area (Å²) in [6, 6.07) is 7.78. The highest BCUT2D eigenvalue weighted by atomic mass is 127. The van der Waals surface area contributed by atoms with E-state index in [1.165, 1.54) is 0 Å². The molecule has 0 fully saturated rings. The van der Waals surface area contributed by atoms with E-state index in [1.807, 2.05) is 42.6 Å². The number of hydrogen-bond acceptors (Lipinski definition) is 2. The van der Waals surface area contributed by atoms with E-state index in [0.29, 0.717) is 0 Å². The lowest BCUT2D eigenvalue weighted by molar-refractivity contribution is 0.529. The van der Waals surface area contributed by atoms with E-state index in [-0.39, 0.29) is 0 Å². The molecule has 0 aliphatic rings. The minimum Gasteiger partial charge on any atom is -0.451 e. The number of nitrogens with zero attached hydrogens (tertiary/aromatic N) is 1. The van der Waals surface area contributed by atoms with Gasteiger partial charge in [0.25, 0.3) is 0 Å². The second kappa shape index (κ2) is 4.41. The van der Waals surface area contributed by atoms with Crippen molar-refractivity contribution in [1.82, 2.24) is 4.98 Å². The van der Waals surface area contributed by atoms with Gasteiger partial charge >= 0.3 is 0 Å². The van der Waals surface area contributed by atoms with Crippen LogP contribution in [0.1, 0.15) is 11.3 Å². The second-order valence-corrected chi connectivity index (χ2v) is 3.82. The summed E-state index contributed by atoms with van der Waals surface area (Å²) in [6.45, 7) is 0. The molecule has 0 amide bonds. The first-order chi connectivity index (χ1) is 6.84. The molecule has 2 heterocycles. The smallest absolute Gasteiger partial charge is 0.164 e. The monoisotopic (exact) mass is 297 g/mol. The first kappa shape index (κ1) is 9.45. The number of aromatic nitrogens is 1. The summed E-state index contributed by atoms with van der Waals surface area (Å²) >= 11 is 2.14. The van der Waals surface area contributed by atoms with E-state index in [0.717, 1.165) is 15.1 Å². The van der Waals surface area contributed by atoms with Crippen molar-refractivity contribution in [3.05, 3.63) is 51.7 Å². The third-order valence-electron chi connectivity index (χ3n) is 1.72. The van der Waals surface area contributed by atoms with Crippen molar-refractivity contribution in [1.29, 1.82) is 0 Å². The number of rotatable bonds is 2. The molecule has 0 aliphatic heterocycles. The van der Waals surface area contributed by atoms with Gasteiger partial charge < -0.3 is 4.42 Å². The lowest BCUT2D eigenvalue weighted by atomic mass is 10.2. The number of furan rings is 1. The minimum atomic E-state index is 0.859. The Balaban J connectivity index is 2.15. The molecule has 0 bridgehead atoms. The molecule has 0 saturated heterocycles. The highest BCUT2D eigenvalue weighted by molar-refractivity contribution is 14.1. The summed E-state index contributed by atoms with van der Waals surface area (Å²) in [5.41, 5.74) is 1.07. The molecule has 0 spiro atoms. The number of pyridine rings is 1. The molecule has 70 valence electrons. The van der Waals surface area contributed by atoms with Crippen LogP contribution in [0, 0.1) is 3.77 Å². The van der Waals surface area contributed by atoms with Crippen molar-refractivity contribution in [3.63, 3.8) is 0 Å². The van der Waals surface area contributed by atoms with Crippen molar-refractivity contribution in [2.24, 2.45) is 0 Å². The van der Waals surface area contributed by atoms with Crippen LogP contribution in [0.3, 0.4) is 0 Å². The van der Waals surface area contributed by atoms with E-state index in [1.54, 1.807) is 6.20 Å². The van der Waals surface area contributed by atoms with Gasteiger partial charge in [0.1, 0.15) is 5.76 Å². The van der Waals surface area contributed by atoms with Gasteiger partial charge in [-0.2, -0.15) is 0 Å². The third-order valence-corrected chi connectivity index (χ3v) is 2.30. The van der Waals surface area contributed by atoms with Gasteiger partial charge in [-0.05, 0) is 58.5 Å². The molecule has 0 aromatic carbocycles. The zero-order chi connectivity index (χ0) is 9.80. The van der Waals surface area contributed by atoms with Gasteiger partial charge in [-0.1, -0.05) is 6.07 Å². The number of halogens is 1. The maximum Gasteiger partial charge on any atom is 0.164 e. The molecule has 0 saturated carbocycles. The standard InChI is InChI=1S/C11H8INO/c12-11-6-5-10(14-11)4-3-9-2-1-7-13-8-9/h1-8H. The summed E-state index contributed by atoms with van der Waals surface area (Å²) in [5.74, 6) is 0.859. The Morgan fingerprint density at radius 1 is 1.21 bits per heavy atom. The maximum atomic E-state index is 5.38. The summed E-state index contributed by atoms with van der Waals surface area (Å²) in [4.78, 5) is 4.02. The fourth-order valence-electron chi connectivity index (χ4n) is 1.07. The van der Waals surface area contributed by atoms with Crippen LogP contribution in [-0.2, 0) is 0 Å². The van der Waals surface area contributed by atoms with E-state index in [9.17, 15) is 0 Å². The zero-order valence-electron chi connectivity index (χ0n) is 7.35. The normalized spacial score (nSPS) is 10.9. The molecule has 2 aromatic heterocycles. The van der Waals surface area contributed by atoms with E-state index < -0.39 is 0 Å². The Morgan fingerprint density at radius 3 is 2.79 bits per heavy atom. The second-order valence-electron chi connectivity index (χ2n) is 2.76. The van der Waals surface area contributed by atoms with Gasteiger partial charge in [0.15, 0.2) is 3.77 Å². The lowest BCUT2D eigenvalue weighted by Gasteiger charge is -1.89. The SMILES string of the molecule is Ic1ccc(C=Cc2cccnc2)o1. The summed E-state index contributed by atoms with van der Waals surface area (Å²) in [7, 11) is 0. The molecule has 3 heteroatoms. The molecule has 2 rings (SSSR count). The predicted octanol–water partition coefficient (Wildman–Crippen LogP) is 3.45. The van der Waals surface area contributed by atoms with Crippen molar-refractivity contribution in [2.45, 2.75) is 0 Å². The molecule has 0 N–H and O–H groups in total. The summed E-state index contributed by atoms with van der Waals surface area (Å²) in [5, 5.41) is 0. The first-order valence-electron chi connectivity index (χ1n) is 4.18. The molecule has 0 aliphatic carbocycles. The molecule has 0 unspecified atom stereocenters. The summed E-state index contributed by atoms with van der Waals surface area (Å²) < 4.78 is 6.28. The van der Waals surface area contributed by atoms with Crippen molar-refractivity contribution < 1.29 is 4.42 Å². The molecule has 2 nitrogen and oxygen atoms in total. The van der Waals surface area contributed by atoms with Gasteiger partial charge in [-0.3, -0.25) is 4.98 Å². The van der Waals surface area contributed by atoms with Crippen molar-refractivity contribution in [3.8, 4) is 0 Å². The van der Waals surface area contributed by atoms with Gasteiger partial charge in [0.2, 0.25) is 0 Å².